The summed E-state index contributed by atoms with van der Waals surface area (Å²) < 4.78 is 11.4. The van der Waals surface area contributed by atoms with E-state index in [4.69, 9.17) is 9.15 Å². The summed E-state index contributed by atoms with van der Waals surface area (Å²) in [7, 11) is 0. The lowest BCUT2D eigenvalue weighted by molar-refractivity contribution is -0.384. The molecule has 28 heavy (non-hydrogen) atoms. The molecule has 0 fully saturated rings. The van der Waals surface area contributed by atoms with E-state index in [9.17, 15) is 14.9 Å². The van der Waals surface area contributed by atoms with E-state index in [2.05, 4.69) is 5.32 Å². The number of carbonyl (C=O) groups is 1. The van der Waals surface area contributed by atoms with E-state index < -0.39 is 10.8 Å². The van der Waals surface area contributed by atoms with Gasteiger partial charge in [0.1, 0.15) is 23.8 Å². The van der Waals surface area contributed by atoms with Crippen molar-refractivity contribution in [1.29, 1.82) is 0 Å². The number of rotatable bonds is 6. The van der Waals surface area contributed by atoms with Gasteiger partial charge in [-0.1, -0.05) is 24.3 Å². The number of anilines is 1. The largest absolute Gasteiger partial charge is 0.485 e. The zero-order valence-corrected chi connectivity index (χ0v) is 15.8. The van der Waals surface area contributed by atoms with Crippen LogP contribution < -0.4 is 10.1 Å². The van der Waals surface area contributed by atoms with Gasteiger partial charge in [-0.25, -0.2) is 0 Å². The minimum absolute atomic E-state index is 0.0509. The Bertz CT molecular complexity index is 1020. The molecule has 0 saturated heterocycles. The number of aryl methyl sites for hydroxylation is 3. The Labute approximate surface area is 162 Å². The molecule has 0 saturated carbocycles. The minimum atomic E-state index is -0.565. The fraction of sp³-hybridized carbons (Fsp3) is 0.190. The Morgan fingerprint density at radius 2 is 1.82 bits per heavy atom. The Balaban J connectivity index is 1.70. The number of furan rings is 1. The maximum Gasteiger partial charge on any atom is 0.293 e. The maximum atomic E-state index is 12.4. The van der Waals surface area contributed by atoms with Crippen LogP contribution in [0.3, 0.4) is 0 Å². The highest BCUT2D eigenvalue weighted by Gasteiger charge is 2.19. The van der Waals surface area contributed by atoms with Gasteiger partial charge >= 0.3 is 0 Å². The quantitative estimate of drug-likeness (QED) is 0.482. The highest BCUT2D eigenvalue weighted by atomic mass is 16.6. The molecule has 1 amide bonds. The van der Waals surface area contributed by atoms with Crippen molar-refractivity contribution in [2.24, 2.45) is 0 Å². The Kier molecular flexibility index (Phi) is 5.44. The molecule has 0 aliphatic carbocycles. The number of nitro groups is 1. The smallest absolute Gasteiger partial charge is 0.293 e. The number of ether oxygens (including phenoxy) is 1. The monoisotopic (exact) mass is 380 g/mol. The van der Waals surface area contributed by atoms with Crippen LogP contribution in [0, 0.1) is 30.9 Å². The van der Waals surface area contributed by atoms with E-state index in [0.717, 1.165) is 22.4 Å². The van der Waals surface area contributed by atoms with Gasteiger partial charge in [0.05, 0.1) is 4.92 Å². The van der Waals surface area contributed by atoms with Gasteiger partial charge in [-0.15, -0.1) is 0 Å². The number of para-hydroxylation sites is 1. The molecule has 1 N–H and O–H groups in total. The van der Waals surface area contributed by atoms with Gasteiger partial charge in [-0.05, 0) is 55.7 Å². The minimum Gasteiger partial charge on any atom is -0.485 e. The molecule has 0 spiro atoms. The molecule has 1 heterocycles. The number of hydrogen-bond acceptors (Lipinski definition) is 5. The topological polar surface area (TPSA) is 94.6 Å². The third-order valence-electron chi connectivity index (χ3n) is 4.25. The average molecular weight is 380 g/mol. The molecule has 1 aromatic heterocycles. The molecule has 0 unspecified atom stereocenters. The van der Waals surface area contributed by atoms with Gasteiger partial charge in [-0.3, -0.25) is 14.9 Å². The summed E-state index contributed by atoms with van der Waals surface area (Å²) in [5.41, 5.74) is 2.70. The fourth-order valence-electron chi connectivity index (χ4n) is 2.83. The predicted octanol–water partition coefficient (Wildman–Crippen LogP) is 4.94. The number of carbonyl (C=O) groups excluding carboxylic acids is 1. The number of amides is 1. The molecule has 0 aliphatic rings. The standard InChI is InChI=1S/C21H20N2O5/c1-13-7-9-17(18(11-13)23(25)26)22-21(24)19-10-8-16(28-19)12-27-20-14(2)5-4-6-15(20)3/h4-11H,12H2,1-3H3,(H,22,24). The summed E-state index contributed by atoms with van der Waals surface area (Å²) >= 11 is 0. The molecular weight excluding hydrogens is 360 g/mol. The number of nitro benzene ring substituents is 1. The SMILES string of the molecule is Cc1ccc(NC(=O)c2ccc(COc3c(C)cccc3C)o2)c([N+](=O)[O-])c1. The summed E-state index contributed by atoms with van der Waals surface area (Å²) in [6.07, 6.45) is 0. The third-order valence-corrected chi connectivity index (χ3v) is 4.25. The van der Waals surface area contributed by atoms with Crippen molar-refractivity contribution in [3.8, 4) is 5.75 Å². The second-order valence-electron chi connectivity index (χ2n) is 6.51. The van der Waals surface area contributed by atoms with Crippen LogP contribution in [0.2, 0.25) is 0 Å². The molecule has 0 aliphatic heterocycles. The molecule has 0 radical (unpaired) electrons. The molecule has 2 aromatic carbocycles. The summed E-state index contributed by atoms with van der Waals surface area (Å²) in [6.45, 7) is 5.83. The van der Waals surface area contributed by atoms with E-state index in [-0.39, 0.29) is 23.7 Å². The van der Waals surface area contributed by atoms with E-state index >= 15 is 0 Å². The fourth-order valence-corrected chi connectivity index (χ4v) is 2.83. The first-order valence-corrected chi connectivity index (χ1v) is 8.69. The van der Waals surface area contributed by atoms with E-state index in [1.54, 1.807) is 19.1 Å². The van der Waals surface area contributed by atoms with Crippen molar-refractivity contribution >= 4 is 17.3 Å². The normalized spacial score (nSPS) is 10.5. The second-order valence-corrected chi connectivity index (χ2v) is 6.51. The van der Waals surface area contributed by atoms with Crippen LogP contribution in [0.4, 0.5) is 11.4 Å². The van der Waals surface area contributed by atoms with Gasteiger partial charge in [0, 0.05) is 6.07 Å². The van der Waals surface area contributed by atoms with Crippen LogP contribution in [-0.4, -0.2) is 10.8 Å². The molecule has 144 valence electrons. The number of nitrogens with zero attached hydrogens (tertiary/aromatic N) is 1. The molecule has 7 nitrogen and oxygen atoms in total. The van der Waals surface area contributed by atoms with E-state index in [1.165, 1.54) is 18.2 Å². The number of nitrogens with one attached hydrogen (secondary N) is 1. The Hall–Kier alpha value is -3.61. The Morgan fingerprint density at radius 3 is 2.50 bits per heavy atom. The van der Waals surface area contributed by atoms with Crippen LogP contribution in [0.15, 0.2) is 52.9 Å². The molecule has 7 heteroatoms. The lowest BCUT2D eigenvalue weighted by Crippen LogP contribution is -2.12. The van der Waals surface area contributed by atoms with Gasteiger partial charge in [0.15, 0.2) is 5.76 Å². The molecular formula is C21H20N2O5. The van der Waals surface area contributed by atoms with E-state index in [0.29, 0.717) is 5.76 Å². The van der Waals surface area contributed by atoms with Crippen molar-refractivity contribution in [2.45, 2.75) is 27.4 Å². The predicted molar refractivity (Wildman–Crippen MR) is 105 cm³/mol. The van der Waals surface area contributed by atoms with Gasteiger partial charge in [0.25, 0.3) is 11.6 Å². The van der Waals surface area contributed by atoms with Crippen LogP contribution in [-0.2, 0) is 6.61 Å². The van der Waals surface area contributed by atoms with Crippen LogP contribution >= 0.6 is 0 Å². The summed E-state index contributed by atoms with van der Waals surface area (Å²) in [4.78, 5) is 23.1. The first-order chi connectivity index (χ1) is 13.3. The summed E-state index contributed by atoms with van der Waals surface area (Å²) in [5, 5.41) is 13.7. The van der Waals surface area contributed by atoms with Crippen molar-refractivity contribution in [3.05, 3.63) is 86.9 Å². The Morgan fingerprint density at radius 1 is 1.11 bits per heavy atom. The highest BCUT2D eigenvalue weighted by molar-refractivity contribution is 6.03. The second kappa shape index (κ2) is 7.96. The van der Waals surface area contributed by atoms with Gasteiger partial charge in [0.2, 0.25) is 0 Å². The van der Waals surface area contributed by atoms with E-state index in [1.807, 2.05) is 32.0 Å². The zero-order valence-electron chi connectivity index (χ0n) is 15.8. The number of hydrogen-bond donors (Lipinski definition) is 1. The average Bonchev–Trinajstić information content (AvgIpc) is 3.12. The van der Waals surface area contributed by atoms with Crippen molar-refractivity contribution < 1.29 is 18.9 Å². The summed E-state index contributed by atoms with van der Waals surface area (Å²) in [5.74, 6) is 0.742. The molecule has 3 aromatic rings. The van der Waals surface area contributed by atoms with Crippen LogP contribution in [0.25, 0.3) is 0 Å². The lowest BCUT2D eigenvalue weighted by Gasteiger charge is -2.10. The lowest BCUT2D eigenvalue weighted by atomic mass is 10.1. The van der Waals surface area contributed by atoms with Crippen LogP contribution in [0.1, 0.15) is 33.0 Å². The van der Waals surface area contributed by atoms with Gasteiger partial charge in [-0.2, -0.15) is 0 Å². The van der Waals surface area contributed by atoms with Crippen molar-refractivity contribution in [3.63, 3.8) is 0 Å². The van der Waals surface area contributed by atoms with Crippen molar-refractivity contribution in [2.75, 3.05) is 5.32 Å². The molecule has 0 bridgehead atoms. The zero-order chi connectivity index (χ0) is 20.3. The van der Waals surface area contributed by atoms with Crippen molar-refractivity contribution in [1.82, 2.24) is 0 Å². The number of benzene rings is 2. The van der Waals surface area contributed by atoms with Crippen LogP contribution in [0.5, 0.6) is 5.75 Å². The molecule has 0 atom stereocenters. The molecule has 3 rings (SSSR count). The van der Waals surface area contributed by atoms with Gasteiger partial charge < -0.3 is 14.5 Å². The third kappa shape index (κ3) is 4.20. The summed E-state index contributed by atoms with van der Waals surface area (Å²) in [6, 6.07) is 13.6. The first-order valence-electron chi connectivity index (χ1n) is 8.69. The highest BCUT2D eigenvalue weighted by Crippen LogP contribution is 2.27. The maximum absolute atomic E-state index is 12.4. The first kappa shape index (κ1) is 19.2.